The minimum Gasteiger partial charge on any atom is -0.493 e. The lowest BCUT2D eigenvalue weighted by Crippen LogP contribution is -2.38. The first kappa shape index (κ1) is 15.6. The van der Waals surface area contributed by atoms with Gasteiger partial charge in [-0.05, 0) is 74.5 Å². The number of aryl methyl sites for hydroxylation is 1. The summed E-state index contributed by atoms with van der Waals surface area (Å²) >= 11 is 0. The van der Waals surface area contributed by atoms with Gasteiger partial charge in [0.15, 0.2) is 11.5 Å². The van der Waals surface area contributed by atoms with Gasteiger partial charge in [0.1, 0.15) is 0 Å². The third kappa shape index (κ3) is 3.08. The Balaban J connectivity index is 1.71. The molecule has 0 radical (unpaired) electrons. The van der Waals surface area contributed by atoms with E-state index in [0.29, 0.717) is 5.41 Å². The van der Waals surface area contributed by atoms with Crippen molar-refractivity contribution < 1.29 is 9.47 Å². The molecule has 2 heterocycles. The molecule has 3 rings (SSSR count). The van der Waals surface area contributed by atoms with Crippen LogP contribution >= 0.6 is 0 Å². The van der Waals surface area contributed by atoms with E-state index >= 15 is 0 Å². The normalized spacial score (nSPS) is 21.2. The third-order valence-electron chi connectivity index (χ3n) is 5.42. The summed E-state index contributed by atoms with van der Waals surface area (Å²) in [7, 11) is 3.40. The number of rotatable bonds is 4. The Labute approximate surface area is 133 Å². The van der Waals surface area contributed by atoms with Gasteiger partial charge in [0.2, 0.25) is 0 Å². The topological polar surface area (TPSA) is 33.7 Å². The number of hydrogen-bond acceptors (Lipinski definition) is 4. The second kappa shape index (κ2) is 6.47. The molecule has 2 saturated heterocycles. The average Bonchev–Trinajstić information content (AvgIpc) is 2.91. The molecule has 1 aromatic rings. The van der Waals surface area contributed by atoms with Gasteiger partial charge in [0.05, 0.1) is 14.2 Å². The molecule has 0 bridgehead atoms. The highest BCUT2D eigenvalue weighted by Gasteiger charge is 2.38. The maximum absolute atomic E-state index is 5.45. The second-order valence-corrected chi connectivity index (χ2v) is 6.84. The molecule has 0 amide bonds. The Morgan fingerprint density at radius 3 is 2.45 bits per heavy atom. The fourth-order valence-electron chi connectivity index (χ4n) is 3.96. The Morgan fingerprint density at radius 1 is 1.09 bits per heavy atom. The zero-order valence-electron chi connectivity index (χ0n) is 14.1. The number of nitrogens with one attached hydrogen (secondary N) is 1. The van der Waals surface area contributed by atoms with Crippen LogP contribution in [0.4, 0.5) is 0 Å². The van der Waals surface area contributed by atoms with E-state index in [0.717, 1.165) is 18.0 Å². The molecule has 0 atom stereocenters. The Morgan fingerprint density at radius 2 is 1.77 bits per heavy atom. The number of benzene rings is 1. The molecule has 2 aliphatic rings. The van der Waals surface area contributed by atoms with Gasteiger partial charge in [0, 0.05) is 13.1 Å². The van der Waals surface area contributed by atoms with E-state index in [9.17, 15) is 0 Å². The van der Waals surface area contributed by atoms with Crippen molar-refractivity contribution in [1.29, 1.82) is 0 Å². The minimum atomic E-state index is 0.565. The van der Waals surface area contributed by atoms with Crippen molar-refractivity contribution in [3.8, 4) is 11.5 Å². The smallest absolute Gasteiger partial charge is 0.161 e. The van der Waals surface area contributed by atoms with Gasteiger partial charge in [-0.3, -0.25) is 4.90 Å². The van der Waals surface area contributed by atoms with E-state index in [1.165, 1.54) is 56.6 Å². The summed E-state index contributed by atoms with van der Waals surface area (Å²) < 4.78 is 10.8. The monoisotopic (exact) mass is 304 g/mol. The molecule has 2 fully saturated rings. The van der Waals surface area contributed by atoms with Gasteiger partial charge in [-0.2, -0.15) is 0 Å². The van der Waals surface area contributed by atoms with Gasteiger partial charge in [-0.15, -0.1) is 0 Å². The molecule has 22 heavy (non-hydrogen) atoms. The van der Waals surface area contributed by atoms with E-state index in [2.05, 4.69) is 29.3 Å². The van der Waals surface area contributed by atoms with Gasteiger partial charge in [0.25, 0.3) is 0 Å². The van der Waals surface area contributed by atoms with Gasteiger partial charge >= 0.3 is 0 Å². The Hall–Kier alpha value is -1.26. The van der Waals surface area contributed by atoms with Crippen LogP contribution in [-0.4, -0.2) is 45.3 Å². The van der Waals surface area contributed by atoms with E-state index < -0.39 is 0 Å². The zero-order chi connectivity index (χ0) is 15.6. The van der Waals surface area contributed by atoms with Crippen LogP contribution in [0.2, 0.25) is 0 Å². The van der Waals surface area contributed by atoms with Crippen LogP contribution in [0, 0.1) is 12.3 Å². The average molecular weight is 304 g/mol. The summed E-state index contributed by atoms with van der Waals surface area (Å²) in [5.74, 6) is 1.65. The summed E-state index contributed by atoms with van der Waals surface area (Å²) in [6.45, 7) is 8.00. The van der Waals surface area contributed by atoms with Gasteiger partial charge in [-0.1, -0.05) is 0 Å². The van der Waals surface area contributed by atoms with E-state index in [1.807, 2.05) is 0 Å². The molecule has 0 aromatic heterocycles. The first-order valence-electron chi connectivity index (χ1n) is 8.30. The molecule has 122 valence electrons. The predicted molar refractivity (Wildman–Crippen MR) is 88.7 cm³/mol. The summed E-state index contributed by atoms with van der Waals surface area (Å²) in [5, 5.41) is 3.49. The maximum Gasteiger partial charge on any atom is 0.161 e. The molecule has 0 unspecified atom stereocenters. The van der Waals surface area contributed by atoms with E-state index in [4.69, 9.17) is 9.47 Å². The molecule has 0 saturated carbocycles. The molecule has 1 spiro atoms. The van der Waals surface area contributed by atoms with E-state index in [-0.39, 0.29) is 0 Å². The first-order valence-corrected chi connectivity index (χ1v) is 8.30. The molecule has 2 aliphatic heterocycles. The third-order valence-corrected chi connectivity index (χ3v) is 5.42. The van der Waals surface area contributed by atoms with Gasteiger partial charge in [-0.25, -0.2) is 0 Å². The van der Waals surface area contributed by atoms with Crippen LogP contribution in [0.25, 0.3) is 0 Å². The predicted octanol–water partition coefficient (Wildman–Crippen LogP) is 2.59. The molecular weight excluding hydrogens is 276 g/mol. The fourth-order valence-corrected chi connectivity index (χ4v) is 3.96. The highest BCUT2D eigenvalue weighted by Crippen LogP contribution is 2.39. The summed E-state index contributed by atoms with van der Waals surface area (Å²) in [6, 6.07) is 4.23. The zero-order valence-corrected chi connectivity index (χ0v) is 14.1. The van der Waals surface area contributed by atoms with Crippen molar-refractivity contribution in [3.63, 3.8) is 0 Å². The second-order valence-electron chi connectivity index (χ2n) is 6.84. The molecule has 1 aromatic carbocycles. The lowest BCUT2D eigenvalue weighted by molar-refractivity contribution is 0.193. The van der Waals surface area contributed by atoms with Crippen molar-refractivity contribution in [2.75, 3.05) is 40.4 Å². The van der Waals surface area contributed by atoms with Crippen molar-refractivity contribution in [1.82, 2.24) is 10.2 Å². The molecule has 1 N–H and O–H groups in total. The molecule has 4 heteroatoms. The van der Waals surface area contributed by atoms with Crippen LogP contribution < -0.4 is 14.8 Å². The van der Waals surface area contributed by atoms with Crippen LogP contribution in [0.15, 0.2) is 12.1 Å². The first-order chi connectivity index (χ1) is 10.7. The minimum absolute atomic E-state index is 0.565. The fraction of sp³-hybridized carbons (Fsp3) is 0.667. The molecule has 0 aliphatic carbocycles. The number of nitrogens with zero attached hydrogens (tertiary/aromatic N) is 1. The number of ether oxygens (including phenoxy) is 2. The van der Waals surface area contributed by atoms with Crippen LogP contribution in [0.5, 0.6) is 11.5 Å². The van der Waals surface area contributed by atoms with Crippen LogP contribution in [-0.2, 0) is 6.54 Å². The lowest BCUT2D eigenvalue weighted by atomic mass is 9.78. The SMILES string of the molecule is COc1cc(C)c(CN2CCC3(CCNCC3)C2)cc1OC. The number of piperidine rings is 1. The quantitative estimate of drug-likeness (QED) is 0.927. The largest absolute Gasteiger partial charge is 0.493 e. The van der Waals surface area contributed by atoms with E-state index in [1.54, 1.807) is 14.2 Å². The van der Waals surface area contributed by atoms with Crippen molar-refractivity contribution in [2.45, 2.75) is 32.7 Å². The Bertz CT molecular complexity index is 524. The molecular formula is C18H28N2O2. The van der Waals surface area contributed by atoms with Crippen molar-refractivity contribution >= 4 is 0 Å². The van der Waals surface area contributed by atoms with Crippen molar-refractivity contribution in [3.05, 3.63) is 23.3 Å². The van der Waals surface area contributed by atoms with Crippen LogP contribution in [0.3, 0.4) is 0 Å². The van der Waals surface area contributed by atoms with Crippen molar-refractivity contribution in [2.24, 2.45) is 5.41 Å². The summed E-state index contributed by atoms with van der Waals surface area (Å²) in [6.07, 6.45) is 4.00. The van der Waals surface area contributed by atoms with Gasteiger partial charge < -0.3 is 14.8 Å². The Kier molecular flexibility index (Phi) is 4.59. The highest BCUT2D eigenvalue weighted by molar-refractivity contribution is 5.47. The summed E-state index contributed by atoms with van der Waals surface area (Å²) in [4.78, 5) is 2.61. The highest BCUT2D eigenvalue weighted by atomic mass is 16.5. The number of methoxy groups -OCH3 is 2. The number of hydrogen-bond donors (Lipinski definition) is 1. The standard InChI is InChI=1S/C18H28N2O2/c1-14-10-16(21-2)17(22-3)11-15(14)12-20-9-6-18(13-20)4-7-19-8-5-18/h10-11,19H,4-9,12-13H2,1-3H3. The summed E-state index contributed by atoms with van der Waals surface area (Å²) in [5.41, 5.74) is 3.20. The molecule has 4 nitrogen and oxygen atoms in total. The lowest BCUT2D eigenvalue weighted by Gasteiger charge is -2.34. The van der Waals surface area contributed by atoms with Crippen LogP contribution in [0.1, 0.15) is 30.4 Å². The maximum atomic E-state index is 5.45. The number of likely N-dealkylation sites (tertiary alicyclic amines) is 1.